The number of imide groups is 1. The number of benzene rings is 1. The van der Waals surface area contributed by atoms with E-state index in [1.165, 1.54) is 17.4 Å². The minimum Gasteiger partial charge on any atom is -0.325 e. The minimum absolute atomic E-state index is 0.198. The van der Waals surface area contributed by atoms with E-state index in [2.05, 4.69) is 9.89 Å². The molecule has 0 radical (unpaired) electrons. The van der Waals surface area contributed by atoms with Crippen molar-refractivity contribution in [2.45, 2.75) is 26.1 Å². The third kappa shape index (κ3) is 2.36. The maximum absolute atomic E-state index is 12.9. The number of fused-ring (bicyclic) bond motifs is 3. The summed E-state index contributed by atoms with van der Waals surface area (Å²) in [7, 11) is 1.63. The van der Waals surface area contributed by atoms with Crippen molar-refractivity contribution < 1.29 is 14.4 Å². The van der Waals surface area contributed by atoms with Gasteiger partial charge in [-0.15, -0.1) is 0 Å². The highest BCUT2D eigenvalue weighted by atomic mass is 16.2. The number of hydrogen-bond donors (Lipinski definition) is 0. The number of aliphatic imine (C=N–C) groups is 1. The molecule has 3 heterocycles. The summed E-state index contributed by atoms with van der Waals surface area (Å²) >= 11 is 0. The Balaban J connectivity index is 1.66. The van der Waals surface area contributed by atoms with Crippen molar-refractivity contribution in [1.29, 1.82) is 0 Å². The summed E-state index contributed by atoms with van der Waals surface area (Å²) in [5, 5.41) is 0. The number of likely N-dealkylation sites (N-methyl/N-ethyl adjacent to an activating group) is 1. The van der Waals surface area contributed by atoms with Crippen LogP contribution in [0.2, 0.25) is 0 Å². The van der Waals surface area contributed by atoms with Crippen LogP contribution in [0.5, 0.6) is 0 Å². The first-order valence-electron chi connectivity index (χ1n) is 8.65. The van der Waals surface area contributed by atoms with Crippen LogP contribution in [0.1, 0.15) is 12.5 Å². The van der Waals surface area contributed by atoms with Crippen molar-refractivity contribution >= 4 is 29.4 Å². The number of rotatable bonds is 3. The highest BCUT2D eigenvalue weighted by molar-refractivity contribution is 6.09. The second-order valence-electron chi connectivity index (χ2n) is 6.99. The maximum Gasteiger partial charge on any atom is 0.328 e. The molecule has 3 amide bonds. The number of Topliss-reactive ketones (excluding diaryl/α,β-unsaturated/α-hetero) is 1. The lowest BCUT2D eigenvalue weighted by atomic mass is 10.1. The molecule has 0 aromatic heterocycles. The molecule has 0 spiro atoms. The summed E-state index contributed by atoms with van der Waals surface area (Å²) < 4.78 is 0. The van der Waals surface area contributed by atoms with Crippen LogP contribution in [0.25, 0.3) is 0 Å². The van der Waals surface area contributed by atoms with Gasteiger partial charge in [0.05, 0.1) is 6.54 Å². The monoisotopic (exact) mass is 355 g/mol. The summed E-state index contributed by atoms with van der Waals surface area (Å²) in [5.41, 5.74) is 2.18. The van der Waals surface area contributed by atoms with Crippen molar-refractivity contribution in [2.75, 3.05) is 31.6 Å². The molecular weight excluding hydrogens is 334 g/mol. The number of carbonyl (C=O) groups is 3. The van der Waals surface area contributed by atoms with E-state index in [0.717, 1.165) is 17.1 Å². The van der Waals surface area contributed by atoms with Crippen molar-refractivity contribution in [3.8, 4) is 0 Å². The Morgan fingerprint density at radius 1 is 1.19 bits per heavy atom. The number of carbonyl (C=O) groups excluding carboxylic acids is 3. The van der Waals surface area contributed by atoms with E-state index in [1.807, 2.05) is 36.1 Å². The Hall–Kier alpha value is -2.90. The zero-order valence-electron chi connectivity index (χ0n) is 15.0. The van der Waals surface area contributed by atoms with Gasteiger partial charge in [0.25, 0.3) is 5.91 Å². The normalized spacial score (nSPS) is 24.8. The van der Waals surface area contributed by atoms with Gasteiger partial charge in [-0.3, -0.25) is 14.5 Å². The van der Waals surface area contributed by atoms with E-state index >= 15 is 0 Å². The van der Waals surface area contributed by atoms with Gasteiger partial charge < -0.3 is 14.7 Å². The summed E-state index contributed by atoms with van der Waals surface area (Å²) in [4.78, 5) is 48.1. The molecule has 3 aliphatic heterocycles. The van der Waals surface area contributed by atoms with Gasteiger partial charge in [0.15, 0.2) is 12.2 Å². The first kappa shape index (κ1) is 16.6. The van der Waals surface area contributed by atoms with Gasteiger partial charge in [-0.1, -0.05) is 17.7 Å². The highest BCUT2D eigenvalue weighted by Gasteiger charge is 2.54. The van der Waals surface area contributed by atoms with Crippen LogP contribution < -0.4 is 4.90 Å². The van der Waals surface area contributed by atoms with E-state index in [9.17, 15) is 14.4 Å². The van der Waals surface area contributed by atoms with Crippen LogP contribution in [0, 0.1) is 6.92 Å². The second-order valence-corrected chi connectivity index (χ2v) is 6.99. The Labute approximate surface area is 151 Å². The van der Waals surface area contributed by atoms with Crippen LogP contribution in [-0.2, 0) is 9.59 Å². The van der Waals surface area contributed by atoms with E-state index < -0.39 is 18.2 Å². The van der Waals surface area contributed by atoms with Gasteiger partial charge in [-0.25, -0.2) is 9.79 Å². The Morgan fingerprint density at radius 3 is 2.54 bits per heavy atom. The molecule has 8 nitrogen and oxygen atoms in total. The third-order valence-electron chi connectivity index (χ3n) is 5.10. The van der Waals surface area contributed by atoms with Crippen molar-refractivity contribution in [1.82, 2.24) is 14.7 Å². The van der Waals surface area contributed by atoms with Gasteiger partial charge in [-0.05, 0) is 26.0 Å². The van der Waals surface area contributed by atoms with Gasteiger partial charge >= 0.3 is 6.03 Å². The highest BCUT2D eigenvalue weighted by Crippen LogP contribution is 2.33. The number of hydrogen-bond acceptors (Lipinski definition) is 6. The molecule has 8 heteroatoms. The lowest BCUT2D eigenvalue weighted by molar-refractivity contribution is -0.139. The molecule has 2 fully saturated rings. The summed E-state index contributed by atoms with van der Waals surface area (Å²) in [6, 6.07) is 7.09. The standard InChI is InChI=1S/C18H21N5O3/c1-11-4-6-13(7-5-11)21-8-9-22-14-15(19-17(21)22)20(3)18(26)23(16(14)25)10-12(2)24/h4-7,14-15H,8-10H2,1-3H3. The summed E-state index contributed by atoms with van der Waals surface area (Å²) in [6.45, 7) is 4.58. The van der Waals surface area contributed by atoms with Crippen molar-refractivity contribution in [3.05, 3.63) is 29.8 Å². The largest absolute Gasteiger partial charge is 0.328 e. The Bertz CT molecular complexity index is 819. The number of amides is 3. The summed E-state index contributed by atoms with van der Waals surface area (Å²) in [6.07, 6.45) is -0.554. The first-order valence-corrected chi connectivity index (χ1v) is 8.65. The number of guanidine groups is 1. The quantitative estimate of drug-likeness (QED) is 0.796. The SMILES string of the molecule is CC(=O)CN1C(=O)C2C(N=C3N(c4ccc(C)cc4)CCN32)N(C)C1=O. The smallest absolute Gasteiger partial charge is 0.325 e. The topological polar surface area (TPSA) is 76.5 Å². The molecule has 0 N–H and O–H groups in total. The molecule has 4 rings (SSSR count). The Kier molecular flexibility index (Phi) is 3.71. The van der Waals surface area contributed by atoms with Crippen LogP contribution in [0.15, 0.2) is 29.3 Å². The fraction of sp³-hybridized carbons (Fsp3) is 0.444. The van der Waals surface area contributed by atoms with Crippen LogP contribution in [0.3, 0.4) is 0 Å². The molecule has 0 saturated carbocycles. The number of anilines is 1. The van der Waals surface area contributed by atoms with Crippen LogP contribution in [0.4, 0.5) is 10.5 Å². The summed E-state index contributed by atoms with van der Waals surface area (Å²) in [5.74, 6) is 0.139. The zero-order valence-corrected chi connectivity index (χ0v) is 15.0. The average Bonchev–Trinajstić information content (AvgIpc) is 3.16. The van der Waals surface area contributed by atoms with Gasteiger partial charge in [0, 0.05) is 25.8 Å². The number of nitrogens with zero attached hydrogens (tertiary/aromatic N) is 5. The second kappa shape index (κ2) is 5.82. The Morgan fingerprint density at radius 2 is 1.88 bits per heavy atom. The molecule has 0 bridgehead atoms. The fourth-order valence-electron chi connectivity index (χ4n) is 3.77. The first-order chi connectivity index (χ1) is 12.4. The van der Waals surface area contributed by atoms with Crippen LogP contribution >= 0.6 is 0 Å². The molecule has 136 valence electrons. The number of aryl methyl sites for hydroxylation is 1. The zero-order chi connectivity index (χ0) is 18.6. The molecule has 1 aromatic carbocycles. The number of urea groups is 1. The number of ketones is 1. The lowest BCUT2D eigenvalue weighted by Gasteiger charge is -2.40. The predicted octanol–water partition coefficient (Wildman–Crippen LogP) is 0.664. The molecular formula is C18H21N5O3. The maximum atomic E-state index is 12.9. The van der Waals surface area contributed by atoms with E-state index in [1.54, 1.807) is 7.05 Å². The van der Waals surface area contributed by atoms with Gasteiger partial charge in [0.2, 0.25) is 5.96 Å². The van der Waals surface area contributed by atoms with E-state index in [-0.39, 0.29) is 18.2 Å². The van der Waals surface area contributed by atoms with Gasteiger partial charge in [0.1, 0.15) is 5.78 Å². The fourth-order valence-corrected chi connectivity index (χ4v) is 3.77. The minimum atomic E-state index is -0.567. The molecule has 2 saturated heterocycles. The van der Waals surface area contributed by atoms with Crippen LogP contribution in [-0.4, -0.2) is 77.3 Å². The molecule has 2 atom stereocenters. The average molecular weight is 355 g/mol. The van der Waals surface area contributed by atoms with E-state index in [0.29, 0.717) is 12.5 Å². The van der Waals surface area contributed by atoms with Crippen molar-refractivity contribution in [3.63, 3.8) is 0 Å². The van der Waals surface area contributed by atoms with E-state index in [4.69, 9.17) is 0 Å². The molecule has 3 aliphatic rings. The molecule has 26 heavy (non-hydrogen) atoms. The van der Waals surface area contributed by atoms with Crippen molar-refractivity contribution in [2.24, 2.45) is 4.99 Å². The lowest BCUT2D eigenvalue weighted by Crippen LogP contribution is -2.65. The van der Waals surface area contributed by atoms with Gasteiger partial charge in [-0.2, -0.15) is 0 Å². The molecule has 0 aliphatic carbocycles. The third-order valence-corrected chi connectivity index (χ3v) is 5.10. The molecule has 1 aromatic rings. The predicted molar refractivity (Wildman–Crippen MR) is 95.8 cm³/mol. The molecule has 2 unspecified atom stereocenters.